The average molecular weight is 292 g/mol. The third-order valence-corrected chi connectivity index (χ3v) is 3.51. The summed E-state index contributed by atoms with van der Waals surface area (Å²) in [6.45, 7) is 7.18. The van der Waals surface area contributed by atoms with Crippen LogP contribution in [0.15, 0.2) is 18.2 Å². The molecule has 1 aliphatic rings. The van der Waals surface area contributed by atoms with Crippen LogP contribution in [0.4, 0.5) is 0 Å². The Balaban J connectivity index is 1.66. The van der Waals surface area contributed by atoms with Crippen molar-refractivity contribution in [1.29, 1.82) is 0 Å². The van der Waals surface area contributed by atoms with E-state index >= 15 is 0 Å². The molecule has 1 unspecified atom stereocenters. The first-order valence-electron chi connectivity index (χ1n) is 7.43. The minimum absolute atomic E-state index is 0.0307. The minimum Gasteiger partial charge on any atom is -0.491 e. The normalized spacial score (nSPS) is 18.3. The van der Waals surface area contributed by atoms with Crippen LogP contribution in [0.5, 0.6) is 5.75 Å². The topological polar surface area (TPSA) is 59.6 Å². The Morgan fingerprint density at radius 1 is 1.43 bits per heavy atom. The van der Waals surface area contributed by atoms with Gasteiger partial charge in [0.1, 0.15) is 12.4 Å². The number of benzene rings is 1. The smallest absolute Gasteiger partial charge is 0.221 e. The zero-order chi connectivity index (χ0) is 15.1. The van der Waals surface area contributed by atoms with Gasteiger partial charge in [0, 0.05) is 19.0 Å². The van der Waals surface area contributed by atoms with E-state index in [1.807, 2.05) is 32.0 Å². The second-order valence-electron chi connectivity index (χ2n) is 5.35. The zero-order valence-electron chi connectivity index (χ0n) is 12.8. The standard InChI is InChI=1S/C16H24N2O3/c1-12-4-3-5-13(2)16(12)21-9-7-18-15(19)10-14-11-20-8-6-17-14/h3-5,14,17H,6-11H2,1-2H3,(H,18,19). The molecule has 0 radical (unpaired) electrons. The lowest BCUT2D eigenvalue weighted by molar-refractivity contribution is -0.122. The molecule has 1 heterocycles. The van der Waals surface area contributed by atoms with E-state index in [0.717, 1.165) is 30.0 Å². The number of ether oxygens (including phenoxy) is 2. The second-order valence-corrected chi connectivity index (χ2v) is 5.35. The Morgan fingerprint density at radius 2 is 2.19 bits per heavy atom. The molecule has 1 aromatic rings. The number of morpholine rings is 1. The Bertz CT molecular complexity index is 450. The Labute approximate surface area is 126 Å². The third-order valence-electron chi connectivity index (χ3n) is 3.51. The van der Waals surface area contributed by atoms with E-state index in [1.54, 1.807) is 0 Å². The summed E-state index contributed by atoms with van der Waals surface area (Å²) in [5.74, 6) is 0.942. The van der Waals surface area contributed by atoms with Gasteiger partial charge in [-0.05, 0) is 25.0 Å². The summed E-state index contributed by atoms with van der Waals surface area (Å²) in [5, 5.41) is 6.14. The lowest BCUT2D eigenvalue weighted by Gasteiger charge is -2.23. The SMILES string of the molecule is Cc1cccc(C)c1OCCNC(=O)CC1COCCN1. The Morgan fingerprint density at radius 3 is 2.86 bits per heavy atom. The summed E-state index contributed by atoms with van der Waals surface area (Å²) in [6.07, 6.45) is 0.448. The van der Waals surface area contributed by atoms with Gasteiger partial charge in [0.25, 0.3) is 0 Å². The predicted molar refractivity (Wildman–Crippen MR) is 81.6 cm³/mol. The molecule has 0 saturated carbocycles. The van der Waals surface area contributed by atoms with Gasteiger partial charge < -0.3 is 20.1 Å². The van der Waals surface area contributed by atoms with Gasteiger partial charge in [-0.1, -0.05) is 18.2 Å². The first-order valence-corrected chi connectivity index (χ1v) is 7.43. The fraction of sp³-hybridized carbons (Fsp3) is 0.562. The largest absolute Gasteiger partial charge is 0.491 e. The highest BCUT2D eigenvalue weighted by Crippen LogP contribution is 2.21. The Kier molecular flexibility index (Phi) is 6.02. The van der Waals surface area contributed by atoms with E-state index < -0.39 is 0 Å². The molecule has 116 valence electrons. The quantitative estimate of drug-likeness (QED) is 0.773. The number of hydrogen-bond donors (Lipinski definition) is 2. The number of aryl methyl sites for hydroxylation is 2. The monoisotopic (exact) mass is 292 g/mol. The van der Waals surface area contributed by atoms with Gasteiger partial charge >= 0.3 is 0 Å². The highest BCUT2D eigenvalue weighted by Gasteiger charge is 2.16. The number of hydrogen-bond acceptors (Lipinski definition) is 4. The molecule has 0 bridgehead atoms. The molecule has 21 heavy (non-hydrogen) atoms. The molecule has 0 aliphatic carbocycles. The van der Waals surface area contributed by atoms with Gasteiger partial charge in [0.2, 0.25) is 5.91 Å². The van der Waals surface area contributed by atoms with E-state index in [2.05, 4.69) is 10.6 Å². The number of rotatable bonds is 6. The maximum absolute atomic E-state index is 11.8. The molecule has 0 spiro atoms. The average Bonchev–Trinajstić information content (AvgIpc) is 2.47. The number of amides is 1. The van der Waals surface area contributed by atoms with E-state index in [0.29, 0.717) is 26.2 Å². The van der Waals surface area contributed by atoms with E-state index in [9.17, 15) is 4.79 Å². The summed E-state index contributed by atoms with van der Waals surface area (Å²) in [6, 6.07) is 6.18. The molecule has 1 saturated heterocycles. The maximum Gasteiger partial charge on any atom is 0.221 e. The first kappa shape index (κ1) is 15.8. The van der Waals surface area contributed by atoms with E-state index in [-0.39, 0.29) is 11.9 Å². The molecule has 5 nitrogen and oxygen atoms in total. The summed E-state index contributed by atoms with van der Waals surface area (Å²) in [5.41, 5.74) is 2.23. The molecule has 1 fully saturated rings. The molecule has 1 amide bonds. The van der Waals surface area contributed by atoms with Crippen LogP contribution in [-0.2, 0) is 9.53 Å². The van der Waals surface area contributed by atoms with Crippen LogP contribution in [0, 0.1) is 13.8 Å². The van der Waals surface area contributed by atoms with Gasteiger partial charge in [-0.3, -0.25) is 4.79 Å². The molecule has 1 aromatic carbocycles. The van der Waals surface area contributed by atoms with Crippen molar-refractivity contribution < 1.29 is 14.3 Å². The zero-order valence-corrected chi connectivity index (χ0v) is 12.8. The minimum atomic E-state index is 0.0307. The first-order chi connectivity index (χ1) is 10.2. The van der Waals surface area contributed by atoms with Gasteiger partial charge in [0.05, 0.1) is 19.8 Å². The molecule has 1 atom stereocenters. The van der Waals surface area contributed by atoms with Gasteiger partial charge in [-0.15, -0.1) is 0 Å². The van der Waals surface area contributed by atoms with Crippen molar-refractivity contribution in [3.8, 4) is 5.75 Å². The van der Waals surface area contributed by atoms with Crippen LogP contribution in [0.1, 0.15) is 17.5 Å². The van der Waals surface area contributed by atoms with Crippen LogP contribution in [-0.4, -0.2) is 44.9 Å². The van der Waals surface area contributed by atoms with Crippen LogP contribution >= 0.6 is 0 Å². The van der Waals surface area contributed by atoms with Crippen molar-refractivity contribution in [2.45, 2.75) is 26.3 Å². The van der Waals surface area contributed by atoms with E-state index in [4.69, 9.17) is 9.47 Å². The highest BCUT2D eigenvalue weighted by molar-refractivity contribution is 5.76. The van der Waals surface area contributed by atoms with E-state index in [1.165, 1.54) is 0 Å². The summed E-state index contributed by atoms with van der Waals surface area (Å²) < 4.78 is 11.1. The van der Waals surface area contributed by atoms with Crippen LogP contribution in [0.25, 0.3) is 0 Å². The third kappa shape index (κ3) is 5.02. The van der Waals surface area contributed by atoms with Crippen molar-refractivity contribution in [1.82, 2.24) is 10.6 Å². The van der Waals surface area contributed by atoms with Crippen molar-refractivity contribution in [3.05, 3.63) is 29.3 Å². The second kappa shape index (κ2) is 8.00. The lowest BCUT2D eigenvalue weighted by atomic mass is 10.1. The van der Waals surface area contributed by atoms with Crippen LogP contribution < -0.4 is 15.4 Å². The number of para-hydroxylation sites is 1. The molecule has 1 aliphatic heterocycles. The Hall–Kier alpha value is -1.59. The van der Waals surface area contributed by atoms with Crippen molar-refractivity contribution in [3.63, 3.8) is 0 Å². The molecule has 5 heteroatoms. The van der Waals surface area contributed by atoms with Gasteiger partial charge in [-0.2, -0.15) is 0 Å². The molecule has 2 rings (SSSR count). The molecular weight excluding hydrogens is 268 g/mol. The maximum atomic E-state index is 11.8. The lowest BCUT2D eigenvalue weighted by Crippen LogP contribution is -2.44. The number of carbonyl (C=O) groups excluding carboxylic acids is 1. The number of nitrogens with one attached hydrogen (secondary N) is 2. The molecule has 2 N–H and O–H groups in total. The van der Waals surface area contributed by atoms with Crippen LogP contribution in [0.3, 0.4) is 0 Å². The fourth-order valence-electron chi connectivity index (χ4n) is 2.42. The molecular formula is C16H24N2O3. The van der Waals surface area contributed by atoms with Crippen molar-refractivity contribution >= 4 is 5.91 Å². The van der Waals surface area contributed by atoms with Gasteiger partial charge in [0.15, 0.2) is 0 Å². The highest BCUT2D eigenvalue weighted by atomic mass is 16.5. The van der Waals surface area contributed by atoms with Crippen molar-refractivity contribution in [2.24, 2.45) is 0 Å². The summed E-state index contributed by atoms with van der Waals surface area (Å²) in [7, 11) is 0. The predicted octanol–water partition coefficient (Wildman–Crippen LogP) is 1.18. The summed E-state index contributed by atoms with van der Waals surface area (Å²) >= 11 is 0. The molecule has 0 aromatic heterocycles. The van der Waals surface area contributed by atoms with Crippen LogP contribution in [0.2, 0.25) is 0 Å². The van der Waals surface area contributed by atoms with Crippen molar-refractivity contribution in [2.75, 3.05) is 32.9 Å². The fourth-order valence-corrected chi connectivity index (χ4v) is 2.42. The summed E-state index contributed by atoms with van der Waals surface area (Å²) in [4.78, 5) is 11.8. The number of carbonyl (C=O) groups is 1. The van der Waals surface area contributed by atoms with Gasteiger partial charge in [-0.25, -0.2) is 0 Å².